The van der Waals surface area contributed by atoms with Crippen LogP contribution >= 0.6 is 15.9 Å². The van der Waals surface area contributed by atoms with Gasteiger partial charge in [-0.25, -0.2) is 22.1 Å². The molecule has 1 aliphatic carbocycles. The van der Waals surface area contributed by atoms with Crippen LogP contribution in [0.15, 0.2) is 59.2 Å². The van der Waals surface area contributed by atoms with Crippen LogP contribution < -0.4 is 9.04 Å². The van der Waals surface area contributed by atoms with E-state index in [1.165, 1.54) is 47.1 Å². The van der Waals surface area contributed by atoms with Crippen LogP contribution in [0, 0.1) is 5.82 Å². The molecule has 42 heavy (non-hydrogen) atoms. The molecule has 1 fully saturated rings. The van der Waals surface area contributed by atoms with E-state index in [-0.39, 0.29) is 46.1 Å². The van der Waals surface area contributed by atoms with Gasteiger partial charge in [0, 0.05) is 5.56 Å². The number of halogens is 5. The number of carbonyl (C=O) groups excluding carboxylic acids is 1. The lowest BCUT2D eigenvalue weighted by Crippen LogP contribution is -2.30. The molecule has 0 radical (unpaired) electrons. The highest BCUT2D eigenvalue weighted by Crippen LogP contribution is 2.46. The van der Waals surface area contributed by atoms with Crippen molar-refractivity contribution in [2.24, 2.45) is 0 Å². The fraction of sp³-hybridized carbons (Fsp3) is 0.286. The van der Waals surface area contributed by atoms with Crippen molar-refractivity contribution in [1.82, 2.24) is 9.61 Å². The normalized spacial score (nSPS) is 13.8. The summed E-state index contributed by atoms with van der Waals surface area (Å²) in [7, 11) is -3.97. The van der Waals surface area contributed by atoms with E-state index in [9.17, 15) is 30.8 Å². The Bertz CT molecular complexity index is 1770. The zero-order valence-corrected chi connectivity index (χ0v) is 24.7. The smallest absolute Gasteiger partial charge is 0.462 e. The number of benzene rings is 2. The molecule has 0 aliphatic heterocycles. The Hall–Kier alpha value is -3.65. The van der Waals surface area contributed by atoms with Crippen molar-refractivity contribution >= 4 is 43.1 Å². The molecule has 2 aromatic heterocycles. The highest BCUT2D eigenvalue weighted by Gasteiger charge is 2.34. The maximum Gasteiger partial charge on any atom is 0.573 e. The van der Waals surface area contributed by atoms with Gasteiger partial charge in [0.2, 0.25) is 10.0 Å². The molecule has 0 bridgehead atoms. The second-order valence-electron chi connectivity index (χ2n) is 9.75. The van der Waals surface area contributed by atoms with Gasteiger partial charge >= 0.3 is 12.3 Å². The zero-order chi connectivity index (χ0) is 30.4. The third-order valence-electron chi connectivity index (χ3n) is 6.61. The topological polar surface area (TPSA) is 90.2 Å². The van der Waals surface area contributed by atoms with Gasteiger partial charge in [0.15, 0.2) is 0 Å². The number of hydrogen-bond donors (Lipinski definition) is 0. The minimum Gasteiger partial charge on any atom is -0.462 e. The largest absolute Gasteiger partial charge is 0.573 e. The summed E-state index contributed by atoms with van der Waals surface area (Å²) in [4.78, 5) is 13.1. The van der Waals surface area contributed by atoms with Gasteiger partial charge in [-0.3, -0.25) is 4.31 Å². The molecule has 14 heteroatoms. The van der Waals surface area contributed by atoms with Crippen LogP contribution in [0.2, 0.25) is 0 Å². The van der Waals surface area contributed by atoms with Crippen molar-refractivity contribution in [2.75, 3.05) is 17.2 Å². The van der Waals surface area contributed by atoms with Crippen molar-refractivity contribution < 1.29 is 40.2 Å². The van der Waals surface area contributed by atoms with Crippen LogP contribution in [0.3, 0.4) is 0 Å². The summed E-state index contributed by atoms with van der Waals surface area (Å²) in [6.45, 7) is 1.45. The lowest BCUT2D eigenvalue weighted by Gasteiger charge is -2.26. The minimum atomic E-state index is -4.94. The average molecular weight is 670 g/mol. The van der Waals surface area contributed by atoms with Crippen LogP contribution in [0.1, 0.15) is 47.2 Å². The molecule has 0 saturated heterocycles. The number of pyridine rings is 1. The number of anilines is 1. The van der Waals surface area contributed by atoms with Gasteiger partial charge in [-0.15, -0.1) is 13.2 Å². The fourth-order valence-electron chi connectivity index (χ4n) is 4.64. The Balaban J connectivity index is 1.67. The second kappa shape index (κ2) is 11.2. The average Bonchev–Trinajstić information content (AvgIpc) is 3.67. The summed E-state index contributed by atoms with van der Waals surface area (Å²) >= 11 is 3.03. The highest BCUT2D eigenvalue weighted by atomic mass is 79.9. The number of aromatic nitrogens is 2. The van der Waals surface area contributed by atoms with Gasteiger partial charge in [0.05, 0.1) is 41.3 Å². The molecule has 1 aliphatic rings. The molecule has 0 atom stereocenters. The van der Waals surface area contributed by atoms with Gasteiger partial charge in [-0.1, -0.05) is 6.07 Å². The van der Waals surface area contributed by atoms with E-state index in [1.807, 2.05) is 0 Å². The minimum absolute atomic E-state index is 0.0116. The summed E-state index contributed by atoms with van der Waals surface area (Å²) in [6, 6.07) is 11.0. The summed E-state index contributed by atoms with van der Waals surface area (Å²) in [5, 5.41) is 4.56. The molecule has 0 spiro atoms. The number of esters is 1. The summed E-state index contributed by atoms with van der Waals surface area (Å²) in [6.07, 6.45) is -0.920. The van der Waals surface area contributed by atoms with Crippen LogP contribution in [-0.4, -0.2) is 43.2 Å². The van der Waals surface area contributed by atoms with E-state index >= 15 is 0 Å². The van der Waals surface area contributed by atoms with E-state index in [4.69, 9.17) is 4.74 Å². The molecule has 0 amide bonds. The number of carbonyl (C=O) groups is 1. The molecular formula is C28H24BrF4N3O5S. The van der Waals surface area contributed by atoms with E-state index < -0.39 is 33.9 Å². The van der Waals surface area contributed by atoms with Crippen LogP contribution in [-0.2, 0) is 21.3 Å². The monoisotopic (exact) mass is 669 g/mol. The number of rotatable bonds is 9. The van der Waals surface area contributed by atoms with E-state index in [0.717, 1.165) is 29.5 Å². The Morgan fingerprint density at radius 3 is 2.43 bits per heavy atom. The van der Waals surface area contributed by atoms with Gasteiger partial charge in [-0.2, -0.15) is 5.10 Å². The molecule has 222 valence electrons. The molecule has 5 rings (SSSR count). The van der Waals surface area contributed by atoms with Crippen LogP contribution in [0.5, 0.6) is 5.75 Å². The zero-order valence-electron chi connectivity index (χ0n) is 22.3. The summed E-state index contributed by atoms with van der Waals surface area (Å²) < 4.78 is 90.6. The Labute approximate surface area is 247 Å². The van der Waals surface area contributed by atoms with E-state index in [0.29, 0.717) is 16.6 Å². The first-order chi connectivity index (χ1) is 19.7. The predicted octanol–water partition coefficient (Wildman–Crippen LogP) is 6.82. The number of alkyl halides is 3. The first-order valence-electron chi connectivity index (χ1n) is 12.8. The molecular weight excluding hydrogens is 646 g/mol. The van der Waals surface area contributed by atoms with Crippen LogP contribution in [0.4, 0.5) is 23.2 Å². The number of hydrogen-bond acceptors (Lipinski definition) is 6. The van der Waals surface area contributed by atoms with Crippen molar-refractivity contribution in [3.05, 3.63) is 81.7 Å². The Kier molecular flexibility index (Phi) is 7.96. The molecule has 0 unspecified atom stereocenters. The molecule has 1 saturated carbocycles. The number of fused-ring (bicyclic) bond motifs is 1. The lowest BCUT2D eigenvalue weighted by atomic mass is 10.0. The Morgan fingerprint density at radius 2 is 1.83 bits per heavy atom. The summed E-state index contributed by atoms with van der Waals surface area (Å²) in [5.41, 5.74) is 2.32. The second-order valence-corrected chi connectivity index (χ2v) is 12.5. The van der Waals surface area contributed by atoms with Gasteiger partial charge in [0.1, 0.15) is 22.8 Å². The fourth-order valence-corrected chi connectivity index (χ4v) is 5.86. The van der Waals surface area contributed by atoms with Gasteiger partial charge in [-0.05, 0) is 95.2 Å². The lowest BCUT2D eigenvalue weighted by molar-refractivity contribution is -0.274. The molecule has 8 nitrogen and oxygen atoms in total. The van der Waals surface area contributed by atoms with Crippen molar-refractivity contribution in [2.45, 2.75) is 38.6 Å². The van der Waals surface area contributed by atoms with Crippen LogP contribution in [0.25, 0.3) is 16.8 Å². The van der Waals surface area contributed by atoms with E-state index in [1.54, 1.807) is 13.0 Å². The standard InChI is InChI=1S/C28H24BrF4N3O5S/c1-3-40-27(37)25-22-13-20(17-5-6-17)23(15-35(22)34-26(25)18-7-9-19(30)10-8-18)36(42(2,38)39)14-16-4-11-21(29)24(12-16)41-28(31,32)33/h4,7-13,15,17H,3,5-6,14H2,1-2H3. The summed E-state index contributed by atoms with van der Waals surface area (Å²) in [5.74, 6) is -1.64. The molecule has 2 heterocycles. The third-order valence-corrected chi connectivity index (χ3v) is 8.39. The number of nitrogens with zero attached hydrogens (tertiary/aromatic N) is 3. The predicted molar refractivity (Wildman–Crippen MR) is 150 cm³/mol. The van der Waals surface area contributed by atoms with Crippen molar-refractivity contribution in [3.63, 3.8) is 0 Å². The number of sulfonamides is 1. The first-order valence-corrected chi connectivity index (χ1v) is 15.4. The van der Waals surface area contributed by atoms with Crippen molar-refractivity contribution in [3.8, 4) is 17.0 Å². The Morgan fingerprint density at radius 1 is 1.14 bits per heavy atom. The molecule has 0 N–H and O–H groups in total. The van der Waals surface area contributed by atoms with Gasteiger partial charge < -0.3 is 9.47 Å². The van der Waals surface area contributed by atoms with E-state index in [2.05, 4.69) is 25.8 Å². The van der Waals surface area contributed by atoms with Gasteiger partial charge in [0.25, 0.3) is 0 Å². The maximum atomic E-state index is 13.7. The molecule has 2 aromatic carbocycles. The van der Waals surface area contributed by atoms with Crippen molar-refractivity contribution in [1.29, 1.82) is 0 Å². The quantitative estimate of drug-likeness (QED) is 0.144. The SMILES string of the molecule is CCOC(=O)c1c(-c2ccc(F)cc2)nn2cc(N(Cc3ccc(Br)c(OC(F)(F)F)c3)S(C)(=O)=O)c(C3CC3)cc12. The number of ether oxygens (including phenoxy) is 2. The molecule has 4 aromatic rings. The first kappa shape index (κ1) is 29.8. The third kappa shape index (κ3) is 6.38. The maximum absolute atomic E-state index is 13.7. The highest BCUT2D eigenvalue weighted by molar-refractivity contribution is 9.10.